The number of hydrogen-bond acceptors (Lipinski definition) is 4. The molecule has 0 saturated heterocycles. The summed E-state index contributed by atoms with van der Waals surface area (Å²) < 4.78 is 27.7. The molecule has 144 valence electrons. The van der Waals surface area contributed by atoms with Gasteiger partial charge in [0.05, 0.1) is 0 Å². The highest BCUT2D eigenvalue weighted by Crippen LogP contribution is 2.18. The van der Waals surface area contributed by atoms with Crippen LogP contribution in [-0.2, 0) is 7.05 Å². The Morgan fingerprint density at radius 1 is 1.03 bits per heavy atom. The number of benzene rings is 2. The third-order valence-corrected chi connectivity index (χ3v) is 4.42. The van der Waals surface area contributed by atoms with Gasteiger partial charge < -0.3 is 5.32 Å². The van der Waals surface area contributed by atoms with Crippen molar-refractivity contribution in [2.24, 2.45) is 7.05 Å². The number of fused-ring (bicyclic) bond motifs is 1. The number of aryl methyl sites for hydroxylation is 1. The summed E-state index contributed by atoms with van der Waals surface area (Å²) in [5.41, 5.74) is 1.94. The van der Waals surface area contributed by atoms with Crippen LogP contribution in [0.3, 0.4) is 0 Å². The molecule has 0 fully saturated rings. The predicted octanol–water partition coefficient (Wildman–Crippen LogP) is 3.53. The minimum absolute atomic E-state index is 0.135. The minimum atomic E-state index is -1.05. The molecule has 29 heavy (non-hydrogen) atoms. The van der Waals surface area contributed by atoms with Crippen molar-refractivity contribution in [3.63, 3.8) is 0 Å². The van der Waals surface area contributed by atoms with E-state index in [4.69, 9.17) is 0 Å². The first-order valence-corrected chi connectivity index (χ1v) is 8.62. The van der Waals surface area contributed by atoms with Gasteiger partial charge in [0.1, 0.15) is 11.2 Å². The van der Waals surface area contributed by atoms with Crippen LogP contribution >= 0.6 is 0 Å². The summed E-state index contributed by atoms with van der Waals surface area (Å²) >= 11 is 0. The molecular weight excluding hydrogens is 378 g/mol. The van der Waals surface area contributed by atoms with Gasteiger partial charge in [-0.05, 0) is 36.4 Å². The Balaban J connectivity index is 1.63. The monoisotopic (exact) mass is 392 g/mol. The number of rotatable bonds is 3. The fourth-order valence-electron chi connectivity index (χ4n) is 2.90. The SMILES string of the molecule is Cn1c(=O)c(-c2ccc(C(=O)Nc3ccc(F)c(F)c3)cc2)nc2cccnc21. The van der Waals surface area contributed by atoms with E-state index in [1.165, 1.54) is 22.8 Å². The van der Waals surface area contributed by atoms with Gasteiger partial charge in [-0.15, -0.1) is 0 Å². The van der Waals surface area contributed by atoms with Gasteiger partial charge in [-0.2, -0.15) is 0 Å². The number of carbonyl (C=O) groups is 1. The molecule has 4 aromatic rings. The average Bonchev–Trinajstić information content (AvgIpc) is 2.73. The molecule has 0 bridgehead atoms. The van der Waals surface area contributed by atoms with Crippen LogP contribution in [0.1, 0.15) is 10.4 Å². The van der Waals surface area contributed by atoms with Gasteiger partial charge in [-0.1, -0.05) is 12.1 Å². The number of nitrogens with zero attached hydrogens (tertiary/aromatic N) is 3. The number of amides is 1. The van der Waals surface area contributed by atoms with Crippen LogP contribution in [0.5, 0.6) is 0 Å². The summed E-state index contributed by atoms with van der Waals surface area (Å²) in [6.45, 7) is 0. The number of aromatic nitrogens is 3. The molecule has 4 rings (SSSR count). The third kappa shape index (κ3) is 3.47. The zero-order valence-corrected chi connectivity index (χ0v) is 15.2. The van der Waals surface area contributed by atoms with E-state index in [1.54, 1.807) is 37.5 Å². The molecule has 0 atom stereocenters. The van der Waals surface area contributed by atoms with Gasteiger partial charge in [0.25, 0.3) is 11.5 Å². The lowest BCUT2D eigenvalue weighted by Crippen LogP contribution is -2.21. The lowest BCUT2D eigenvalue weighted by molar-refractivity contribution is 0.102. The van der Waals surface area contributed by atoms with Gasteiger partial charge in [0.2, 0.25) is 0 Å². The normalized spacial score (nSPS) is 10.9. The van der Waals surface area contributed by atoms with Crippen molar-refractivity contribution in [1.29, 1.82) is 0 Å². The molecular formula is C21H14F2N4O2. The summed E-state index contributed by atoms with van der Waals surface area (Å²) in [4.78, 5) is 33.5. The van der Waals surface area contributed by atoms with E-state index in [0.717, 1.165) is 12.1 Å². The van der Waals surface area contributed by atoms with Gasteiger partial charge >= 0.3 is 0 Å². The van der Waals surface area contributed by atoms with Crippen LogP contribution in [0.2, 0.25) is 0 Å². The zero-order chi connectivity index (χ0) is 20.5. The number of hydrogen-bond donors (Lipinski definition) is 1. The molecule has 0 aliphatic carbocycles. The number of pyridine rings is 1. The highest BCUT2D eigenvalue weighted by molar-refractivity contribution is 6.04. The second-order valence-corrected chi connectivity index (χ2v) is 6.33. The summed E-state index contributed by atoms with van der Waals surface area (Å²) in [5, 5.41) is 2.49. The van der Waals surface area contributed by atoms with E-state index in [0.29, 0.717) is 16.7 Å². The lowest BCUT2D eigenvalue weighted by atomic mass is 10.1. The van der Waals surface area contributed by atoms with Gasteiger partial charge in [-0.3, -0.25) is 14.2 Å². The Labute approximate surface area is 163 Å². The van der Waals surface area contributed by atoms with Crippen molar-refractivity contribution in [3.8, 4) is 11.3 Å². The molecule has 0 radical (unpaired) electrons. The van der Waals surface area contributed by atoms with Gasteiger partial charge in [-0.25, -0.2) is 18.7 Å². The summed E-state index contributed by atoms with van der Waals surface area (Å²) in [6.07, 6.45) is 1.59. The topological polar surface area (TPSA) is 76.9 Å². The van der Waals surface area contributed by atoms with Crippen molar-refractivity contribution in [3.05, 3.63) is 88.3 Å². The molecule has 2 aromatic heterocycles. The second-order valence-electron chi connectivity index (χ2n) is 6.33. The standard InChI is InChI=1S/C21H14F2N4O2/c1-27-19-17(3-2-10-24-19)26-18(21(27)29)12-4-6-13(7-5-12)20(28)25-14-8-9-15(22)16(23)11-14/h2-11H,1H3,(H,25,28). The van der Waals surface area contributed by atoms with E-state index in [9.17, 15) is 18.4 Å². The number of anilines is 1. The molecule has 0 aliphatic heterocycles. The third-order valence-electron chi connectivity index (χ3n) is 4.42. The molecule has 8 heteroatoms. The van der Waals surface area contributed by atoms with Crippen molar-refractivity contribution < 1.29 is 13.6 Å². The second kappa shape index (κ2) is 7.23. The van der Waals surface area contributed by atoms with Gasteiger partial charge in [0, 0.05) is 36.1 Å². The van der Waals surface area contributed by atoms with Crippen LogP contribution in [0, 0.1) is 11.6 Å². The first kappa shape index (κ1) is 18.4. The van der Waals surface area contributed by atoms with Crippen molar-refractivity contribution in [2.75, 3.05) is 5.32 Å². The zero-order valence-electron chi connectivity index (χ0n) is 15.2. The molecule has 0 spiro atoms. The van der Waals surface area contributed by atoms with E-state index in [-0.39, 0.29) is 22.5 Å². The Bertz CT molecular complexity index is 1300. The molecule has 1 amide bonds. The molecule has 1 N–H and O–H groups in total. The van der Waals surface area contributed by atoms with Crippen LogP contribution in [0.4, 0.5) is 14.5 Å². The molecule has 0 saturated carbocycles. The molecule has 0 unspecified atom stereocenters. The molecule has 2 aromatic carbocycles. The van der Waals surface area contributed by atoms with Crippen molar-refractivity contribution in [1.82, 2.24) is 14.5 Å². The van der Waals surface area contributed by atoms with E-state index >= 15 is 0 Å². The Morgan fingerprint density at radius 2 is 1.79 bits per heavy atom. The quantitative estimate of drug-likeness (QED) is 0.579. The molecule has 2 heterocycles. The maximum atomic E-state index is 13.3. The first-order chi connectivity index (χ1) is 13.9. The Kier molecular flexibility index (Phi) is 4.59. The largest absolute Gasteiger partial charge is 0.322 e. The smallest absolute Gasteiger partial charge is 0.278 e. The maximum Gasteiger partial charge on any atom is 0.278 e. The summed E-state index contributed by atoms with van der Waals surface area (Å²) in [6, 6.07) is 12.9. The number of nitrogens with one attached hydrogen (secondary N) is 1. The highest BCUT2D eigenvalue weighted by Gasteiger charge is 2.13. The predicted molar refractivity (Wildman–Crippen MR) is 105 cm³/mol. The highest BCUT2D eigenvalue weighted by atomic mass is 19.2. The van der Waals surface area contributed by atoms with Crippen molar-refractivity contribution in [2.45, 2.75) is 0 Å². The number of carbonyl (C=O) groups excluding carboxylic acids is 1. The average molecular weight is 392 g/mol. The minimum Gasteiger partial charge on any atom is -0.322 e. The van der Waals surface area contributed by atoms with Crippen LogP contribution in [0.15, 0.2) is 65.6 Å². The van der Waals surface area contributed by atoms with Gasteiger partial charge in [0.15, 0.2) is 17.3 Å². The lowest BCUT2D eigenvalue weighted by Gasteiger charge is -2.08. The summed E-state index contributed by atoms with van der Waals surface area (Å²) in [5.74, 6) is -2.54. The van der Waals surface area contributed by atoms with Crippen LogP contribution in [-0.4, -0.2) is 20.4 Å². The number of halogens is 2. The van der Waals surface area contributed by atoms with Crippen molar-refractivity contribution >= 4 is 22.8 Å². The Hall–Kier alpha value is -3.94. The maximum absolute atomic E-state index is 13.3. The van der Waals surface area contributed by atoms with E-state index in [2.05, 4.69) is 15.3 Å². The molecule has 6 nitrogen and oxygen atoms in total. The first-order valence-electron chi connectivity index (χ1n) is 8.62. The fourth-order valence-corrected chi connectivity index (χ4v) is 2.90. The Morgan fingerprint density at radius 3 is 2.52 bits per heavy atom. The molecule has 0 aliphatic rings. The fraction of sp³-hybridized carbons (Fsp3) is 0.0476. The van der Waals surface area contributed by atoms with E-state index < -0.39 is 17.5 Å². The summed E-state index contributed by atoms with van der Waals surface area (Å²) in [7, 11) is 1.62. The van der Waals surface area contributed by atoms with Crippen LogP contribution in [0.25, 0.3) is 22.4 Å². The van der Waals surface area contributed by atoms with Crippen LogP contribution < -0.4 is 10.9 Å². The van der Waals surface area contributed by atoms with E-state index in [1.807, 2.05) is 0 Å².